The second-order valence-electron chi connectivity index (χ2n) is 8.11. The number of benzene rings is 2. The fourth-order valence-electron chi connectivity index (χ4n) is 3.60. The lowest BCUT2D eigenvalue weighted by Gasteiger charge is -2.15. The van der Waals surface area contributed by atoms with Gasteiger partial charge in [-0.3, -0.25) is 14.5 Å². The molecule has 1 aliphatic heterocycles. The third kappa shape index (κ3) is 6.34. The molecule has 0 bridgehead atoms. The zero-order valence-corrected chi connectivity index (χ0v) is 24.1. The van der Waals surface area contributed by atoms with Gasteiger partial charge >= 0.3 is 12.0 Å². The molecule has 0 saturated carbocycles. The number of nitrogens with one attached hydrogen (secondary N) is 2. The Hall–Kier alpha value is -4.17. The molecule has 0 spiro atoms. The fraction of sp³-hybridized carbons (Fsp3) is 0.154. The summed E-state index contributed by atoms with van der Waals surface area (Å²) in [4.78, 5) is 50.3. The van der Waals surface area contributed by atoms with Gasteiger partial charge in [-0.1, -0.05) is 6.07 Å². The van der Waals surface area contributed by atoms with Crippen molar-refractivity contribution in [2.45, 2.75) is 6.54 Å². The number of halogens is 3. The highest BCUT2D eigenvalue weighted by Gasteiger charge is 2.35. The lowest BCUT2D eigenvalue weighted by Crippen LogP contribution is -2.30. The molecule has 0 aliphatic carbocycles. The molecule has 40 heavy (non-hydrogen) atoms. The summed E-state index contributed by atoms with van der Waals surface area (Å²) in [5.74, 6) is -1.78. The van der Waals surface area contributed by atoms with Crippen LogP contribution in [0, 0.1) is 5.82 Å². The summed E-state index contributed by atoms with van der Waals surface area (Å²) in [5, 5.41) is 5.04. The minimum absolute atomic E-state index is 0.0254. The molecule has 11 nitrogen and oxygen atoms in total. The lowest BCUT2D eigenvalue weighted by molar-refractivity contribution is -0.123. The zero-order valence-electron chi connectivity index (χ0n) is 20.9. The van der Waals surface area contributed by atoms with Gasteiger partial charge in [-0.2, -0.15) is 0 Å². The number of carbonyl (C=O) groups excluding carboxylic acids is 4. The maximum absolute atomic E-state index is 13.4. The number of carbonyl (C=O) groups is 4. The number of nitrogens with zero attached hydrogens (tertiary/aromatic N) is 1. The van der Waals surface area contributed by atoms with E-state index in [1.165, 1.54) is 56.7 Å². The summed E-state index contributed by atoms with van der Waals surface area (Å²) in [7, 11) is 2.59. The number of urea groups is 1. The first-order valence-corrected chi connectivity index (χ1v) is 13.0. The van der Waals surface area contributed by atoms with Crippen molar-refractivity contribution in [3.05, 3.63) is 80.0 Å². The highest BCUT2D eigenvalue weighted by atomic mass is 79.9. The van der Waals surface area contributed by atoms with Crippen LogP contribution in [0.2, 0.25) is 0 Å². The molecular weight excluding hydrogens is 661 g/mol. The number of furan rings is 1. The number of hydrogen-bond acceptors (Lipinski definition) is 8. The summed E-state index contributed by atoms with van der Waals surface area (Å²) < 4.78 is 35.2. The van der Waals surface area contributed by atoms with Crippen molar-refractivity contribution < 1.29 is 42.2 Å². The Balaban J connectivity index is 1.50. The van der Waals surface area contributed by atoms with E-state index < -0.39 is 36.2 Å². The number of esters is 1. The third-order valence-electron chi connectivity index (χ3n) is 5.46. The summed E-state index contributed by atoms with van der Waals surface area (Å²) in [5.41, 5.74) is 0.690. The molecule has 1 aromatic heterocycles. The van der Waals surface area contributed by atoms with E-state index in [9.17, 15) is 23.6 Å². The maximum atomic E-state index is 13.4. The van der Waals surface area contributed by atoms with E-state index in [2.05, 4.69) is 47.2 Å². The molecule has 2 heterocycles. The molecule has 0 atom stereocenters. The van der Waals surface area contributed by atoms with Gasteiger partial charge in [0.25, 0.3) is 11.8 Å². The molecule has 14 heteroatoms. The minimum atomic E-state index is -0.687. The van der Waals surface area contributed by atoms with Crippen molar-refractivity contribution in [2.24, 2.45) is 0 Å². The highest BCUT2D eigenvalue weighted by Crippen LogP contribution is 2.43. The van der Waals surface area contributed by atoms with Gasteiger partial charge < -0.3 is 29.3 Å². The van der Waals surface area contributed by atoms with E-state index >= 15 is 0 Å². The number of ether oxygens (including phenoxy) is 3. The van der Waals surface area contributed by atoms with Gasteiger partial charge in [0, 0.05) is 10.2 Å². The Bertz CT molecular complexity index is 1540. The largest absolute Gasteiger partial charge is 0.493 e. The van der Waals surface area contributed by atoms with E-state index in [-0.39, 0.29) is 40.9 Å². The average Bonchev–Trinajstić information content (AvgIpc) is 3.50. The Labute approximate surface area is 243 Å². The number of anilines is 1. The van der Waals surface area contributed by atoms with Crippen LogP contribution >= 0.6 is 31.9 Å². The van der Waals surface area contributed by atoms with Crippen LogP contribution in [0.25, 0.3) is 6.08 Å². The smallest absolute Gasteiger partial charge is 0.373 e. The predicted octanol–water partition coefficient (Wildman–Crippen LogP) is 4.85. The molecule has 1 fully saturated rings. The van der Waals surface area contributed by atoms with E-state index in [0.29, 0.717) is 14.5 Å². The first-order chi connectivity index (χ1) is 19.1. The molecule has 0 unspecified atom stereocenters. The molecule has 3 aromatic rings. The number of imide groups is 1. The van der Waals surface area contributed by atoms with Crippen molar-refractivity contribution in [2.75, 3.05) is 26.1 Å². The van der Waals surface area contributed by atoms with Crippen LogP contribution < -0.4 is 20.1 Å². The predicted molar refractivity (Wildman–Crippen MR) is 146 cm³/mol. The van der Waals surface area contributed by atoms with Gasteiger partial charge in [0.2, 0.25) is 5.76 Å². The van der Waals surface area contributed by atoms with Crippen molar-refractivity contribution in [1.29, 1.82) is 0 Å². The van der Waals surface area contributed by atoms with Gasteiger partial charge in [0.15, 0.2) is 18.1 Å². The first-order valence-electron chi connectivity index (χ1n) is 11.4. The Morgan fingerprint density at radius 3 is 2.60 bits per heavy atom. The number of hydrogen-bond donors (Lipinski definition) is 2. The molecular formula is C26H20Br2FN3O8. The second kappa shape index (κ2) is 12.3. The number of rotatable bonds is 9. The summed E-state index contributed by atoms with van der Waals surface area (Å²) >= 11 is 6.84. The van der Waals surface area contributed by atoms with Crippen molar-refractivity contribution in [3.8, 4) is 11.5 Å². The van der Waals surface area contributed by atoms with Gasteiger partial charge in [-0.25, -0.2) is 14.0 Å². The van der Waals surface area contributed by atoms with Crippen LogP contribution in [-0.2, 0) is 20.9 Å². The molecule has 0 radical (unpaired) electrons. The highest BCUT2D eigenvalue weighted by molar-refractivity contribution is 9.13. The van der Waals surface area contributed by atoms with Gasteiger partial charge in [0.05, 0.1) is 25.2 Å². The Morgan fingerprint density at radius 1 is 1.12 bits per heavy atom. The molecule has 4 rings (SSSR count). The van der Waals surface area contributed by atoms with Crippen LogP contribution in [0.15, 0.2) is 61.5 Å². The fourth-order valence-corrected chi connectivity index (χ4v) is 4.54. The minimum Gasteiger partial charge on any atom is -0.493 e. The van der Waals surface area contributed by atoms with Crippen LogP contribution in [0.3, 0.4) is 0 Å². The zero-order chi connectivity index (χ0) is 29.0. The molecule has 1 saturated heterocycles. The molecule has 208 valence electrons. The van der Waals surface area contributed by atoms with E-state index in [0.717, 1.165) is 4.90 Å². The van der Waals surface area contributed by atoms with Crippen molar-refractivity contribution in [3.63, 3.8) is 0 Å². The van der Waals surface area contributed by atoms with Gasteiger partial charge in [0.1, 0.15) is 17.3 Å². The van der Waals surface area contributed by atoms with E-state index in [1.807, 2.05) is 0 Å². The van der Waals surface area contributed by atoms with Gasteiger partial charge in [-0.05, 0) is 79.9 Å². The number of amides is 4. The van der Waals surface area contributed by atoms with Crippen molar-refractivity contribution >= 4 is 67.4 Å². The third-order valence-corrected chi connectivity index (χ3v) is 7.60. The lowest BCUT2D eigenvalue weighted by atomic mass is 10.1. The number of methoxy groups -OCH3 is 2. The maximum Gasteiger partial charge on any atom is 0.373 e. The topological polar surface area (TPSA) is 136 Å². The van der Waals surface area contributed by atoms with Gasteiger partial charge in [-0.15, -0.1) is 0 Å². The SMILES string of the molecule is COC(=O)c1ccc(CN2C(=O)N/C(=C\c3cc(OC)c(OCC(=O)Nc4cccc(F)c4)c(Br)c3Br)C2=O)o1. The first kappa shape index (κ1) is 28.8. The summed E-state index contributed by atoms with van der Waals surface area (Å²) in [6.07, 6.45) is 1.43. The quantitative estimate of drug-likeness (QED) is 0.186. The van der Waals surface area contributed by atoms with E-state index in [1.54, 1.807) is 6.07 Å². The normalized spacial score (nSPS) is 13.8. The van der Waals surface area contributed by atoms with Crippen molar-refractivity contribution in [1.82, 2.24) is 10.2 Å². The van der Waals surface area contributed by atoms with E-state index in [4.69, 9.17) is 13.9 Å². The monoisotopic (exact) mass is 679 g/mol. The summed E-state index contributed by atoms with van der Waals surface area (Å²) in [6, 6.07) is 9.13. The average molecular weight is 681 g/mol. The van der Waals surface area contributed by atoms with Crippen LogP contribution in [-0.4, -0.2) is 49.5 Å². The summed E-state index contributed by atoms with van der Waals surface area (Å²) in [6.45, 7) is -0.621. The van der Waals surface area contributed by atoms with Crippen LogP contribution in [0.1, 0.15) is 21.9 Å². The van der Waals surface area contributed by atoms with Crippen LogP contribution in [0.5, 0.6) is 11.5 Å². The Morgan fingerprint density at radius 2 is 1.90 bits per heavy atom. The second-order valence-corrected chi connectivity index (χ2v) is 9.70. The molecule has 2 N–H and O–H groups in total. The molecule has 4 amide bonds. The molecule has 2 aromatic carbocycles. The standard InChI is InChI=1S/C26H20Br2FN3O8/c1-37-19-9-13(21(27)22(28)23(19)39-12-20(33)30-15-5-3-4-14(29)10-15)8-17-24(34)32(26(36)31-17)11-16-6-7-18(40-16)25(35)38-2/h3-10H,11-12H2,1-2H3,(H,30,33)(H,31,36)/b17-8-. The van der Waals surface area contributed by atoms with Crippen LogP contribution in [0.4, 0.5) is 14.9 Å². The Kier molecular flexibility index (Phi) is 8.90. The molecule has 1 aliphatic rings.